The van der Waals surface area contributed by atoms with Gasteiger partial charge < -0.3 is 15.2 Å². The number of nitrogens with two attached hydrogens (primary N) is 1. The molecule has 1 aromatic rings. The average molecular weight is 314 g/mol. The molecule has 0 heterocycles. The van der Waals surface area contributed by atoms with Crippen LogP contribution in [0.15, 0.2) is 23.1 Å². The summed E-state index contributed by atoms with van der Waals surface area (Å²) >= 11 is 0. The van der Waals surface area contributed by atoms with Crippen LogP contribution in [-0.2, 0) is 10.0 Å². The summed E-state index contributed by atoms with van der Waals surface area (Å²) in [6.07, 6.45) is 2.07. The van der Waals surface area contributed by atoms with Gasteiger partial charge in [-0.15, -0.1) is 0 Å². The Labute approximate surface area is 125 Å². The molecule has 0 aliphatic heterocycles. The highest BCUT2D eigenvalue weighted by molar-refractivity contribution is 7.89. The molecule has 0 bridgehead atoms. The lowest BCUT2D eigenvalue weighted by molar-refractivity contribution is 0.339. The molecule has 2 rings (SSSR count). The zero-order valence-electron chi connectivity index (χ0n) is 12.6. The topological polar surface area (TPSA) is 81.9 Å². The van der Waals surface area contributed by atoms with Crippen molar-refractivity contribution in [1.82, 2.24) is 4.31 Å². The highest BCUT2D eigenvalue weighted by Crippen LogP contribution is 2.37. The number of sulfonamides is 1. The first-order chi connectivity index (χ1) is 9.95. The smallest absolute Gasteiger partial charge is 0.243 e. The lowest BCUT2D eigenvalue weighted by Gasteiger charge is -2.26. The van der Waals surface area contributed by atoms with Crippen LogP contribution in [0.1, 0.15) is 12.8 Å². The Morgan fingerprint density at radius 1 is 1.29 bits per heavy atom. The van der Waals surface area contributed by atoms with E-state index in [9.17, 15) is 8.42 Å². The number of rotatable bonds is 7. The van der Waals surface area contributed by atoms with Gasteiger partial charge in [0, 0.05) is 25.7 Å². The molecule has 1 atom stereocenters. The minimum Gasteiger partial charge on any atom is -0.493 e. The molecule has 0 amide bonds. The van der Waals surface area contributed by atoms with Crippen LogP contribution < -0.4 is 15.2 Å². The van der Waals surface area contributed by atoms with E-state index in [4.69, 9.17) is 15.2 Å². The summed E-state index contributed by atoms with van der Waals surface area (Å²) < 4.78 is 37.1. The molecular weight excluding hydrogens is 292 g/mol. The third-order valence-electron chi connectivity index (χ3n) is 3.91. The summed E-state index contributed by atoms with van der Waals surface area (Å²) in [6.45, 7) is 0.327. The highest BCUT2D eigenvalue weighted by Gasteiger charge is 2.38. The molecule has 0 saturated heterocycles. The van der Waals surface area contributed by atoms with Gasteiger partial charge in [0.1, 0.15) is 0 Å². The molecular formula is C14H22N2O4S. The normalized spacial score (nSPS) is 16.8. The molecule has 1 aromatic carbocycles. The van der Waals surface area contributed by atoms with Crippen LogP contribution in [0.5, 0.6) is 11.5 Å². The van der Waals surface area contributed by atoms with E-state index in [1.165, 1.54) is 30.7 Å². The van der Waals surface area contributed by atoms with Crippen molar-refractivity contribution in [3.05, 3.63) is 18.2 Å². The van der Waals surface area contributed by atoms with E-state index < -0.39 is 10.0 Å². The Kier molecular flexibility index (Phi) is 4.75. The predicted octanol–water partition coefficient (Wildman–Crippen LogP) is 1.06. The number of hydrogen-bond acceptors (Lipinski definition) is 5. The maximum absolute atomic E-state index is 12.7. The molecule has 6 nitrogen and oxygen atoms in total. The average Bonchev–Trinajstić information content (AvgIpc) is 3.31. The van der Waals surface area contributed by atoms with Crippen LogP contribution in [0.25, 0.3) is 0 Å². The summed E-state index contributed by atoms with van der Waals surface area (Å²) in [7, 11) is 0.977. The number of ether oxygens (including phenoxy) is 2. The van der Waals surface area contributed by atoms with E-state index in [1.54, 1.807) is 13.1 Å². The van der Waals surface area contributed by atoms with Crippen molar-refractivity contribution in [3.8, 4) is 11.5 Å². The summed E-state index contributed by atoms with van der Waals surface area (Å²) in [5.41, 5.74) is 5.74. The summed E-state index contributed by atoms with van der Waals surface area (Å²) in [5.74, 6) is 1.26. The molecule has 21 heavy (non-hydrogen) atoms. The Balaban J connectivity index is 2.34. The predicted molar refractivity (Wildman–Crippen MR) is 80.1 cm³/mol. The van der Waals surface area contributed by atoms with Gasteiger partial charge in [-0.3, -0.25) is 0 Å². The molecule has 1 unspecified atom stereocenters. The van der Waals surface area contributed by atoms with Crippen molar-refractivity contribution in [2.24, 2.45) is 11.7 Å². The zero-order valence-corrected chi connectivity index (χ0v) is 13.4. The van der Waals surface area contributed by atoms with E-state index in [0.29, 0.717) is 24.0 Å². The quantitative estimate of drug-likeness (QED) is 0.814. The van der Waals surface area contributed by atoms with Crippen LogP contribution in [-0.4, -0.2) is 46.6 Å². The van der Waals surface area contributed by atoms with Gasteiger partial charge in [0.05, 0.1) is 19.1 Å². The molecule has 1 saturated carbocycles. The van der Waals surface area contributed by atoms with Gasteiger partial charge in [-0.1, -0.05) is 0 Å². The van der Waals surface area contributed by atoms with Crippen molar-refractivity contribution in [3.63, 3.8) is 0 Å². The van der Waals surface area contributed by atoms with Crippen LogP contribution in [0.2, 0.25) is 0 Å². The first kappa shape index (κ1) is 16.1. The number of nitrogens with zero attached hydrogens (tertiary/aromatic N) is 1. The minimum atomic E-state index is -3.60. The highest BCUT2D eigenvalue weighted by atomic mass is 32.2. The zero-order chi connectivity index (χ0) is 15.6. The third kappa shape index (κ3) is 3.14. The van der Waals surface area contributed by atoms with E-state index in [-0.39, 0.29) is 10.9 Å². The number of likely N-dealkylation sites (N-methyl/N-ethyl adjacent to an activating group) is 1. The fourth-order valence-electron chi connectivity index (χ4n) is 2.44. The second kappa shape index (κ2) is 6.21. The van der Waals surface area contributed by atoms with Crippen LogP contribution in [0.3, 0.4) is 0 Å². The molecule has 0 radical (unpaired) electrons. The van der Waals surface area contributed by atoms with Crippen molar-refractivity contribution in [2.45, 2.75) is 23.8 Å². The first-order valence-electron chi connectivity index (χ1n) is 6.85. The number of benzene rings is 1. The molecule has 118 valence electrons. The molecule has 0 aromatic heterocycles. The summed E-state index contributed by atoms with van der Waals surface area (Å²) in [5, 5.41) is 0. The fourth-order valence-corrected chi connectivity index (χ4v) is 3.88. The largest absolute Gasteiger partial charge is 0.493 e. The van der Waals surface area contributed by atoms with Crippen LogP contribution in [0, 0.1) is 5.92 Å². The Morgan fingerprint density at radius 2 is 1.90 bits per heavy atom. The molecule has 2 N–H and O–H groups in total. The van der Waals surface area contributed by atoms with Crippen molar-refractivity contribution in [2.75, 3.05) is 27.8 Å². The molecule has 7 heteroatoms. The third-order valence-corrected chi connectivity index (χ3v) is 5.79. The van der Waals surface area contributed by atoms with E-state index in [2.05, 4.69) is 0 Å². The van der Waals surface area contributed by atoms with Gasteiger partial charge in [-0.25, -0.2) is 8.42 Å². The first-order valence-corrected chi connectivity index (χ1v) is 8.29. The number of hydrogen-bond donors (Lipinski definition) is 1. The van der Waals surface area contributed by atoms with E-state index in [1.807, 2.05) is 0 Å². The summed E-state index contributed by atoms with van der Waals surface area (Å²) in [6, 6.07) is 4.44. The van der Waals surface area contributed by atoms with E-state index in [0.717, 1.165) is 12.8 Å². The fraction of sp³-hybridized carbons (Fsp3) is 0.571. The SMILES string of the molecule is COc1ccc(S(=O)(=O)N(C)C(CN)C2CC2)cc1OC. The Morgan fingerprint density at radius 3 is 2.38 bits per heavy atom. The Hall–Kier alpha value is -1.31. The van der Waals surface area contributed by atoms with Gasteiger partial charge in [0.2, 0.25) is 10.0 Å². The molecule has 1 aliphatic rings. The summed E-state index contributed by atoms with van der Waals surface area (Å²) in [4.78, 5) is 0.182. The second-order valence-electron chi connectivity index (χ2n) is 5.18. The van der Waals surface area contributed by atoms with Gasteiger partial charge in [-0.05, 0) is 30.9 Å². The lowest BCUT2D eigenvalue weighted by Crippen LogP contribution is -2.43. The van der Waals surface area contributed by atoms with Crippen molar-refractivity contribution in [1.29, 1.82) is 0 Å². The number of methoxy groups -OCH3 is 2. The monoisotopic (exact) mass is 314 g/mol. The van der Waals surface area contributed by atoms with E-state index >= 15 is 0 Å². The van der Waals surface area contributed by atoms with Crippen molar-refractivity contribution >= 4 is 10.0 Å². The van der Waals surface area contributed by atoms with Gasteiger partial charge >= 0.3 is 0 Å². The maximum atomic E-state index is 12.7. The standard InChI is InChI=1S/C14H22N2O4S/c1-16(12(9-15)10-4-5-10)21(17,18)11-6-7-13(19-2)14(8-11)20-3/h6-8,10,12H,4-5,9,15H2,1-3H3. The second-order valence-corrected chi connectivity index (χ2v) is 7.18. The molecule has 0 spiro atoms. The van der Waals surface area contributed by atoms with Crippen molar-refractivity contribution < 1.29 is 17.9 Å². The molecule has 1 fully saturated rings. The van der Waals surface area contributed by atoms with Gasteiger partial charge in [-0.2, -0.15) is 4.31 Å². The minimum absolute atomic E-state index is 0.150. The lowest BCUT2D eigenvalue weighted by atomic mass is 10.2. The Bertz CT molecular complexity index is 599. The van der Waals surface area contributed by atoms with Crippen LogP contribution >= 0.6 is 0 Å². The van der Waals surface area contributed by atoms with Gasteiger partial charge in [0.25, 0.3) is 0 Å². The maximum Gasteiger partial charge on any atom is 0.243 e. The van der Waals surface area contributed by atoms with Gasteiger partial charge in [0.15, 0.2) is 11.5 Å². The molecule has 1 aliphatic carbocycles. The van der Waals surface area contributed by atoms with Crippen LogP contribution in [0.4, 0.5) is 0 Å².